The second-order valence-corrected chi connectivity index (χ2v) is 5.88. The van der Waals surface area contributed by atoms with Crippen LogP contribution in [0.5, 0.6) is 0 Å². The third kappa shape index (κ3) is 4.07. The van der Waals surface area contributed by atoms with Gasteiger partial charge in [0, 0.05) is 45.1 Å². The van der Waals surface area contributed by atoms with E-state index < -0.39 is 0 Å². The number of rotatable bonds is 5. The number of hydrogen-bond donors (Lipinski definition) is 1. The summed E-state index contributed by atoms with van der Waals surface area (Å²) in [6.45, 7) is 4.06. The maximum atomic E-state index is 5.70. The van der Waals surface area contributed by atoms with E-state index >= 15 is 0 Å². The maximum Gasteiger partial charge on any atom is 0.132 e. The van der Waals surface area contributed by atoms with Crippen molar-refractivity contribution in [3.63, 3.8) is 0 Å². The Bertz CT molecular complexity index is 602. The van der Waals surface area contributed by atoms with Crippen molar-refractivity contribution in [2.75, 3.05) is 38.2 Å². The molecule has 0 bridgehead atoms. The summed E-state index contributed by atoms with van der Waals surface area (Å²) in [5, 5.41) is 0. The van der Waals surface area contributed by atoms with Gasteiger partial charge in [0.1, 0.15) is 5.82 Å². The second kappa shape index (κ2) is 7.55. The molecular weight excluding hydrogens is 288 g/mol. The Hall–Kier alpha value is -1.95. The first kappa shape index (κ1) is 15.9. The molecule has 0 saturated carbocycles. The number of benzene rings is 1. The Morgan fingerprint density at radius 2 is 2.09 bits per heavy atom. The molecule has 2 N–H and O–H groups in total. The Morgan fingerprint density at radius 1 is 1.26 bits per heavy atom. The van der Waals surface area contributed by atoms with Crippen LogP contribution >= 0.6 is 0 Å². The van der Waals surface area contributed by atoms with Crippen LogP contribution < -0.4 is 10.6 Å². The molecule has 1 aromatic heterocycles. The average Bonchev–Trinajstić information content (AvgIpc) is 2.63. The van der Waals surface area contributed by atoms with Gasteiger partial charge in [-0.15, -0.1) is 0 Å². The summed E-state index contributed by atoms with van der Waals surface area (Å²) in [6, 6.07) is 14.5. The highest BCUT2D eigenvalue weighted by molar-refractivity contribution is 5.58. The third-order valence-electron chi connectivity index (χ3n) is 4.19. The molecule has 1 fully saturated rings. The molecule has 0 amide bonds. The zero-order chi connectivity index (χ0) is 16.1. The number of nitrogens with two attached hydrogens (primary N) is 1. The number of anilines is 2. The van der Waals surface area contributed by atoms with E-state index in [4.69, 9.17) is 10.5 Å². The Balaban J connectivity index is 1.63. The molecule has 23 heavy (non-hydrogen) atoms. The van der Waals surface area contributed by atoms with Crippen molar-refractivity contribution in [3.05, 3.63) is 54.2 Å². The van der Waals surface area contributed by atoms with Gasteiger partial charge in [-0.05, 0) is 23.8 Å². The van der Waals surface area contributed by atoms with Crippen molar-refractivity contribution in [3.8, 4) is 0 Å². The largest absolute Gasteiger partial charge is 0.374 e. The number of hydrogen-bond acceptors (Lipinski definition) is 5. The molecule has 2 heterocycles. The predicted molar refractivity (Wildman–Crippen MR) is 92.8 cm³/mol. The quantitative estimate of drug-likeness (QED) is 0.915. The zero-order valence-electron chi connectivity index (χ0n) is 13.6. The van der Waals surface area contributed by atoms with Crippen LogP contribution in [0.3, 0.4) is 0 Å². The van der Waals surface area contributed by atoms with Crippen LogP contribution in [0, 0.1) is 0 Å². The van der Waals surface area contributed by atoms with Crippen molar-refractivity contribution in [1.29, 1.82) is 0 Å². The lowest BCUT2D eigenvalue weighted by Crippen LogP contribution is -2.45. The Labute approximate surface area is 137 Å². The van der Waals surface area contributed by atoms with Gasteiger partial charge in [0.05, 0.1) is 12.7 Å². The Morgan fingerprint density at radius 3 is 2.78 bits per heavy atom. The van der Waals surface area contributed by atoms with E-state index in [1.807, 2.05) is 31.4 Å². The number of nitrogens with zero attached hydrogens (tertiary/aromatic N) is 3. The van der Waals surface area contributed by atoms with Gasteiger partial charge in [-0.2, -0.15) is 0 Å². The van der Waals surface area contributed by atoms with Gasteiger partial charge in [-0.25, -0.2) is 4.98 Å². The van der Waals surface area contributed by atoms with Gasteiger partial charge in [-0.1, -0.05) is 24.3 Å². The van der Waals surface area contributed by atoms with Crippen LogP contribution in [0.4, 0.5) is 11.5 Å². The van der Waals surface area contributed by atoms with Gasteiger partial charge in [-0.3, -0.25) is 4.90 Å². The van der Waals surface area contributed by atoms with Crippen LogP contribution in [0.15, 0.2) is 48.7 Å². The fourth-order valence-corrected chi connectivity index (χ4v) is 2.82. The van der Waals surface area contributed by atoms with E-state index in [0.29, 0.717) is 6.54 Å². The van der Waals surface area contributed by atoms with E-state index in [2.05, 4.69) is 39.0 Å². The molecule has 0 aliphatic carbocycles. The van der Waals surface area contributed by atoms with Crippen molar-refractivity contribution in [2.45, 2.75) is 12.6 Å². The van der Waals surface area contributed by atoms with E-state index in [9.17, 15) is 0 Å². The molecule has 122 valence electrons. The van der Waals surface area contributed by atoms with Crippen molar-refractivity contribution in [1.82, 2.24) is 9.88 Å². The van der Waals surface area contributed by atoms with Crippen LogP contribution in [0.25, 0.3) is 0 Å². The number of ether oxygens (including phenoxy) is 1. The van der Waals surface area contributed by atoms with Gasteiger partial charge in [0.25, 0.3) is 0 Å². The van der Waals surface area contributed by atoms with Gasteiger partial charge >= 0.3 is 0 Å². The summed E-state index contributed by atoms with van der Waals surface area (Å²) in [6.07, 6.45) is 2.11. The summed E-state index contributed by atoms with van der Waals surface area (Å²) < 4.78 is 5.61. The molecule has 3 rings (SSSR count). The molecule has 5 heteroatoms. The average molecular weight is 312 g/mol. The highest BCUT2D eigenvalue weighted by Gasteiger charge is 2.19. The zero-order valence-corrected chi connectivity index (χ0v) is 13.6. The fourth-order valence-electron chi connectivity index (χ4n) is 2.82. The highest BCUT2D eigenvalue weighted by Crippen LogP contribution is 2.21. The maximum absolute atomic E-state index is 5.70. The van der Waals surface area contributed by atoms with Crippen LogP contribution in [-0.2, 0) is 11.3 Å². The highest BCUT2D eigenvalue weighted by atomic mass is 16.5. The summed E-state index contributed by atoms with van der Waals surface area (Å²) in [7, 11) is 2.03. The molecule has 1 aromatic carbocycles. The van der Waals surface area contributed by atoms with Gasteiger partial charge < -0.3 is 15.4 Å². The fraction of sp³-hybridized carbons (Fsp3) is 0.389. The predicted octanol–water partition coefficient (Wildman–Crippen LogP) is 2.01. The summed E-state index contributed by atoms with van der Waals surface area (Å²) in [5.74, 6) is 0.946. The van der Waals surface area contributed by atoms with E-state index in [1.54, 1.807) is 0 Å². The topological polar surface area (TPSA) is 54.6 Å². The molecule has 1 unspecified atom stereocenters. The monoisotopic (exact) mass is 312 g/mol. The molecule has 0 spiro atoms. The minimum atomic E-state index is 0.153. The van der Waals surface area contributed by atoms with Crippen LogP contribution in [0.2, 0.25) is 0 Å². The smallest absolute Gasteiger partial charge is 0.132 e. The molecule has 1 saturated heterocycles. The number of para-hydroxylation sites is 1. The normalized spacial score (nSPS) is 18.8. The first-order valence-electron chi connectivity index (χ1n) is 8.04. The molecule has 1 atom stereocenters. The van der Waals surface area contributed by atoms with E-state index in [1.165, 1.54) is 5.56 Å². The Kier molecular flexibility index (Phi) is 5.23. The summed E-state index contributed by atoms with van der Waals surface area (Å²) in [4.78, 5) is 9.06. The minimum absolute atomic E-state index is 0.153. The second-order valence-electron chi connectivity index (χ2n) is 5.88. The van der Waals surface area contributed by atoms with Crippen molar-refractivity contribution < 1.29 is 4.74 Å². The lowest BCUT2D eigenvalue weighted by Gasteiger charge is -2.32. The third-order valence-corrected chi connectivity index (χ3v) is 4.19. The molecule has 1 aliphatic rings. The summed E-state index contributed by atoms with van der Waals surface area (Å²) >= 11 is 0. The number of aromatic nitrogens is 1. The first-order chi connectivity index (χ1) is 11.3. The lowest BCUT2D eigenvalue weighted by molar-refractivity contribution is -0.0260. The van der Waals surface area contributed by atoms with E-state index in [-0.39, 0.29) is 6.10 Å². The molecule has 0 radical (unpaired) electrons. The lowest BCUT2D eigenvalue weighted by atomic mass is 10.2. The van der Waals surface area contributed by atoms with Crippen LogP contribution in [0.1, 0.15) is 5.56 Å². The van der Waals surface area contributed by atoms with Crippen molar-refractivity contribution in [2.24, 2.45) is 5.73 Å². The standard InChI is InChI=1S/C18H24N4O/c1-21(16-5-3-2-4-6-16)18-8-7-15(12-20-18)13-22-9-10-23-17(11-19)14-22/h2-8,12,17H,9-11,13-14,19H2,1H3. The minimum Gasteiger partial charge on any atom is -0.374 e. The van der Waals surface area contributed by atoms with Gasteiger partial charge in [0.15, 0.2) is 0 Å². The van der Waals surface area contributed by atoms with E-state index in [0.717, 1.165) is 37.7 Å². The van der Waals surface area contributed by atoms with Crippen molar-refractivity contribution >= 4 is 11.5 Å². The number of morpholine rings is 1. The summed E-state index contributed by atoms with van der Waals surface area (Å²) in [5.41, 5.74) is 8.04. The van der Waals surface area contributed by atoms with Gasteiger partial charge in [0.2, 0.25) is 0 Å². The first-order valence-corrected chi connectivity index (χ1v) is 8.04. The number of pyridine rings is 1. The van der Waals surface area contributed by atoms with Crippen LogP contribution in [-0.4, -0.2) is 49.3 Å². The molecule has 1 aliphatic heterocycles. The molecule has 2 aromatic rings. The molecular formula is C18H24N4O. The SMILES string of the molecule is CN(c1ccccc1)c1ccc(CN2CCOC(CN)C2)cn1. The molecule has 5 nitrogen and oxygen atoms in total.